The summed E-state index contributed by atoms with van der Waals surface area (Å²) in [5.74, 6) is 0.225. The van der Waals surface area contributed by atoms with Gasteiger partial charge in [0.25, 0.3) is 0 Å². The van der Waals surface area contributed by atoms with E-state index in [9.17, 15) is 4.79 Å². The topological polar surface area (TPSA) is 17.1 Å². The number of aryl methyl sites for hydroxylation is 1. The summed E-state index contributed by atoms with van der Waals surface area (Å²) in [6, 6.07) is 7.68. The maximum atomic E-state index is 11.2. The predicted molar refractivity (Wildman–Crippen MR) is 59.3 cm³/mol. The van der Waals surface area contributed by atoms with Gasteiger partial charge in [0.15, 0.2) is 5.78 Å². The third kappa shape index (κ3) is 3.41. The van der Waals surface area contributed by atoms with Gasteiger partial charge in [0.2, 0.25) is 0 Å². The molecule has 13 heavy (non-hydrogen) atoms. The van der Waals surface area contributed by atoms with Crippen LogP contribution in [0.3, 0.4) is 0 Å². The highest BCUT2D eigenvalue weighted by molar-refractivity contribution is 5.97. The second kappa shape index (κ2) is 6.41. The van der Waals surface area contributed by atoms with Crippen LogP contribution in [0.5, 0.6) is 0 Å². The first-order valence-corrected chi connectivity index (χ1v) is 4.84. The summed E-state index contributed by atoms with van der Waals surface area (Å²) >= 11 is 0. The smallest absolute Gasteiger partial charge is 0.162 e. The van der Waals surface area contributed by atoms with E-state index in [2.05, 4.69) is 0 Å². The lowest BCUT2D eigenvalue weighted by molar-refractivity contribution is 0.0987. The van der Waals surface area contributed by atoms with Crippen LogP contribution in [-0.4, -0.2) is 5.78 Å². The first-order chi connectivity index (χ1) is 6.25. The van der Waals surface area contributed by atoms with E-state index < -0.39 is 0 Å². The number of ketones is 1. The van der Waals surface area contributed by atoms with E-state index in [1.165, 1.54) is 0 Å². The van der Waals surface area contributed by atoms with E-state index in [0.29, 0.717) is 6.42 Å². The normalized spacial score (nSPS) is 8.62. The van der Waals surface area contributed by atoms with E-state index in [4.69, 9.17) is 0 Å². The second-order valence-electron chi connectivity index (χ2n) is 2.59. The number of rotatable bonds is 2. The Balaban J connectivity index is 0. The van der Waals surface area contributed by atoms with Gasteiger partial charge in [-0.2, -0.15) is 0 Å². The molecule has 0 amide bonds. The molecule has 0 aliphatic carbocycles. The Kier molecular flexibility index (Phi) is 5.86. The molecular weight excluding hydrogens is 160 g/mol. The van der Waals surface area contributed by atoms with Gasteiger partial charge in [-0.1, -0.05) is 45.0 Å². The van der Waals surface area contributed by atoms with Gasteiger partial charge in [0.05, 0.1) is 0 Å². The SMILES string of the molecule is CC.CCC(=O)c1ccccc1C.[HH]. The van der Waals surface area contributed by atoms with Gasteiger partial charge < -0.3 is 0 Å². The molecule has 1 heteroatoms. The molecule has 0 aliphatic rings. The van der Waals surface area contributed by atoms with Crippen LogP contribution in [0.2, 0.25) is 0 Å². The number of Topliss-reactive ketones (excluding diaryl/α,β-unsaturated/α-hetero) is 1. The highest BCUT2D eigenvalue weighted by atomic mass is 16.1. The molecule has 0 aliphatic heterocycles. The molecule has 1 nitrogen and oxygen atoms in total. The fourth-order valence-electron chi connectivity index (χ4n) is 1.08. The van der Waals surface area contributed by atoms with Gasteiger partial charge in [-0.25, -0.2) is 0 Å². The monoisotopic (exact) mass is 180 g/mol. The molecule has 1 aromatic carbocycles. The fourth-order valence-corrected chi connectivity index (χ4v) is 1.08. The van der Waals surface area contributed by atoms with Crippen LogP contribution in [0, 0.1) is 6.92 Å². The number of hydrogen-bond donors (Lipinski definition) is 0. The van der Waals surface area contributed by atoms with Crippen molar-refractivity contribution in [2.45, 2.75) is 34.1 Å². The average Bonchev–Trinajstić information content (AvgIpc) is 2.20. The minimum absolute atomic E-state index is 0. The quantitative estimate of drug-likeness (QED) is 0.631. The maximum absolute atomic E-state index is 11.2. The molecule has 0 unspecified atom stereocenters. The van der Waals surface area contributed by atoms with Crippen molar-refractivity contribution in [2.75, 3.05) is 0 Å². The molecule has 0 bridgehead atoms. The van der Waals surface area contributed by atoms with E-state index in [1.807, 2.05) is 52.0 Å². The molecule has 0 spiro atoms. The molecule has 0 aromatic heterocycles. The van der Waals surface area contributed by atoms with Crippen LogP contribution in [0.1, 0.15) is 44.5 Å². The van der Waals surface area contributed by atoms with Crippen molar-refractivity contribution in [1.82, 2.24) is 0 Å². The molecule has 1 aromatic rings. The standard InChI is InChI=1S/C10H12O.C2H6.H2/c1-3-10(11)9-7-5-4-6-8(9)2;1-2;/h4-7H,3H2,1-2H3;1-2H3;1H. The van der Waals surface area contributed by atoms with Gasteiger partial charge in [0, 0.05) is 13.4 Å². The van der Waals surface area contributed by atoms with Gasteiger partial charge in [-0.05, 0) is 12.5 Å². The summed E-state index contributed by atoms with van der Waals surface area (Å²) < 4.78 is 0. The fraction of sp³-hybridized carbons (Fsp3) is 0.417. The summed E-state index contributed by atoms with van der Waals surface area (Å²) in [7, 11) is 0. The largest absolute Gasteiger partial charge is 0.294 e. The minimum Gasteiger partial charge on any atom is -0.294 e. The average molecular weight is 180 g/mol. The third-order valence-electron chi connectivity index (χ3n) is 1.77. The van der Waals surface area contributed by atoms with Crippen LogP contribution in [0.15, 0.2) is 24.3 Å². The summed E-state index contributed by atoms with van der Waals surface area (Å²) in [5.41, 5.74) is 1.93. The highest BCUT2D eigenvalue weighted by Crippen LogP contribution is 2.08. The van der Waals surface area contributed by atoms with Crippen molar-refractivity contribution in [2.24, 2.45) is 0 Å². The van der Waals surface area contributed by atoms with Crippen molar-refractivity contribution in [3.63, 3.8) is 0 Å². The van der Waals surface area contributed by atoms with Crippen LogP contribution in [-0.2, 0) is 0 Å². The van der Waals surface area contributed by atoms with E-state index in [-0.39, 0.29) is 7.21 Å². The number of hydrogen-bond acceptors (Lipinski definition) is 1. The zero-order valence-corrected chi connectivity index (χ0v) is 8.92. The zero-order valence-electron chi connectivity index (χ0n) is 8.92. The molecule has 0 atom stereocenters. The van der Waals surface area contributed by atoms with Crippen molar-refractivity contribution in [3.8, 4) is 0 Å². The summed E-state index contributed by atoms with van der Waals surface area (Å²) in [5, 5.41) is 0. The van der Waals surface area contributed by atoms with Crippen LogP contribution in [0.25, 0.3) is 0 Å². The predicted octanol–water partition coefficient (Wildman–Crippen LogP) is 3.86. The molecule has 0 radical (unpaired) electrons. The van der Waals surface area contributed by atoms with Crippen molar-refractivity contribution in [1.29, 1.82) is 0 Å². The molecular formula is C12H20O. The highest BCUT2D eigenvalue weighted by Gasteiger charge is 2.03. The summed E-state index contributed by atoms with van der Waals surface area (Å²) in [4.78, 5) is 11.2. The van der Waals surface area contributed by atoms with Crippen LogP contribution < -0.4 is 0 Å². The molecule has 0 N–H and O–H groups in total. The molecule has 0 heterocycles. The lowest BCUT2D eigenvalue weighted by Crippen LogP contribution is -1.98. The van der Waals surface area contributed by atoms with Crippen molar-refractivity contribution in [3.05, 3.63) is 35.4 Å². The Hall–Kier alpha value is -1.11. The number of carbonyl (C=O) groups excluding carboxylic acids is 1. The molecule has 1 rings (SSSR count). The third-order valence-corrected chi connectivity index (χ3v) is 1.77. The summed E-state index contributed by atoms with van der Waals surface area (Å²) in [6.07, 6.45) is 0.588. The Bertz CT molecular complexity index is 269. The lowest BCUT2D eigenvalue weighted by Gasteiger charge is -2.00. The molecule has 0 fully saturated rings. The molecule has 0 saturated heterocycles. The van der Waals surface area contributed by atoms with Gasteiger partial charge >= 0.3 is 0 Å². The minimum atomic E-state index is 0. The maximum Gasteiger partial charge on any atom is 0.162 e. The van der Waals surface area contributed by atoms with Gasteiger partial charge in [-0.15, -0.1) is 0 Å². The number of carbonyl (C=O) groups is 1. The van der Waals surface area contributed by atoms with E-state index in [1.54, 1.807) is 0 Å². The lowest BCUT2D eigenvalue weighted by atomic mass is 10.0. The summed E-state index contributed by atoms with van der Waals surface area (Å²) in [6.45, 7) is 7.84. The first kappa shape index (κ1) is 11.9. The Morgan fingerprint density at radius 1 is 1.31 bits per heavy atom. The first-order valence-electron chi connectivity index (χ1n) is 4.84. The Morgan fingerprint density at radius 3 is 2.31 bits per heavy atom. The van der Waals surface area contributed by atoms with E-state index in [0.717, 1.165) is 11.1 Å². The molecule has 0 saturated carbocycles. The molecule has 74 valence electrons. The van der Waals surface area contributed by atoms with Crippen LogP contribution in [0.4, 0.5) is 0 Å². The Labute approximate surface area is 82.3 Å². The zero-order chi connectivity index (χ0) is 10.3. The van der Waals surface area contributed by atoms with Gasteiger partial charge in [-0.3, -0.25) is 4.79 Å². The van der Waals surface area contributed by atoms with Crippen molar-refractivity contribution < 1.29 is 6.22 Å². The van der Waals surface area contributed by atoms with Crippen molar-refractivity contribution >= 4 is 5.78 Å². The van der Waals surface area contributed by atoms with Crippen LogP contribution >= 0.6 is 0 Å². The Morgan fingerprint density at radius 2 is 1.85 bits per heavy atom. The van der Waals surface area contributed by atoms with Gasteiger partial charge in [0.1, 0.15) is 0 Å². The number of benzene rings is 1. The second-order valence-corrected chi connectivity index (χ2v) is 2.59. The van der Waals surface area contributed by atoms with E-state index >= 15 is 0 Å².